The first kappa shape index (κ1) is 16.7. The van der Waals surface area contributed by atoms with Crippen molar-refractivity contribution in [2.45, 2.75) is 42.1 Å². The van der Waals surface area contributed by atoms with E-state index >= 15 is 0 Å². The fourth-order valence-electron chi connectivity index (χ4n) is 1.72. The van der Waals surface area contributed by atoms with Crippen molar-refractivity contribution in [1.29, 1.82) is 0 Å². The second-order valence-electron chi connectivity index (χ2n) is 4.96. The summed E-state index contributed by atoms with van der Waals surface area (Å²) >= 11 is 1.10. The summed E-state index contributed by atoms with van der Waals surface area (Å²) in [4.78, 5) is 0.902. The Hall–Kier alpha value is -0.640. The van der Waals surface area contributed by atoms with Gasteiger partial charge in [-0.25, -0.2) is 13.1 Å². The summed E-state index contributed by atoms with van der Waals surface area (Å²) < 4.78 is 61.7. The van der Waals surface area contributed by atoms with Crippen molar-refractivity contribution in [3.8, 4) is 0 Å². The van der Waals surface area contributed by atoms with Crippen LogP contribution in [-0.2, 0) is 16.4 Å². The minimum absolute atomic E-state index is 0.0612. The fraction of sp³-hybridized carbons (Fsp3) is 0.667. The predicted octanol–water partition coefficient (Wildman–Crippen LogP) is 2.27. The Balaban J connectivity index is 1.82. The molecule has 1 heterocycles. The molecular weight excluding hydrogens is 325 g/mol. The maximum Gasteiger partial charge on any atom is 0.390 e. The minimum atomic E-state index is -4.36. The van der Waals surface area contributed by atoms with E-state index in [2.05, 4.69) is 5.32 Å². The zero-order valence-corrected chi connectivity index (χ0v) is 12.9. The lowest BCUT2D eigenvalue weighted by molar-refractivity contribution is -0.132. The summed E-state index contributed by atoms with van der Waals surface area (Å²) in [5.74, 6) is 0. The van der Waals surface area contributed by atoms with E-state index in [0.717, 1.165) is 29.2 Å². The number of alkyl halides is 3. The largest absolute Gasteiger partial charge is 0.390 e. The van der Waals surface area contributed by atoms with Gasteiger partial charge in [0.25, 0.3) is 0 Å². The maximum atomic E-state index is 12.0. The molecule has 1 aliphatic rings. The van der Waals surface area contributed by atoms with Gasteiger partial charge in [0.05, 0.1) is 6.42 Å². The van der Waals surface area contributed by atoms with Crippen molar-refractivity contribution < 1.29 is 21.6 Å². The molecule has 9 heteroatoms. The standard InChI is InChI=1S/C12H17F3N2O2S2/c13-12(14,15)6-8-17-21(18,19)11-4-3-10(20-11)5-7-16-9-1-2-9/h3-4,9,16-17H,1-2,5-8H2. The molecule has 0 aromatic carbocycles. The van der Waals surface area contributed by atoms with E-state index in [-0.39, 0.29) is 4.21 Å². The van der Waals surface area contributed by atoms with E-state index in [1.807, 2.05) is 4.72 Å². The van der Waals surface area contributed by atoms with E-state index in [1.165, 1.54) is 18.9 Å². The first-order valence-electron chi connectivity index (χ1n) is 6.65. The zero-order valence-electron chi connectivity index (χ0n) is 11.2. The van der Waals surface area contributed by atoms with Crippen LogP contribution < -0.4 is 10.0 Å². The Morgan fingerprint density at radius 1 is 1.24 bits per heavy atom. The number of halogens is 3. The van der Waals surface area contributed by atoms with Gasteiger partial charge in [0.15, 0.2) is 0 Å². The van der Waals surface area contributed by atoms with E-state index in [1.54, 1.807) is 6.07 Å². The number of rotatable bonds is 8. The van der Waals surface area contributed by atoms with E-state index in [9.17, 15) is 21.6 Å². The molecule has 2 rings (SSSR count). The van der Waals surface area contributed by atoms with Crippen LogP contribution >= 0.6 is 11.3 Å². The SMILES string of the molecule is O=S(=O)(NCCC(F)(F)F)c1ccc(CCNC2CC2)s1. The number of sulfonamides is 1. The maximum absolute atomic E-state index is 12.0. The first-order chi connectivity index (χ1) is 9.76. The topological polar surface area (TPSA) is 58.2 Å². The van der Waals surface area contributed by atoms with Gasteiger partial charge in [0.1, 0.15) is 4.21 Å². The Kier molecular flexibility index (Phi) is 5.29. The average molecular weight is 342 g/mol. The lowest BCUT2D eigenvalue weighted by Gasteiger charge is -2.07. The molecule has 0 spiro atoms. The van der Waals surface area contributed by atoms with Crippen LogP contribution in [-0.4, -0.2) is 33.7 Å². The first-order valence-corrected chi connectivity index (χ1v) is 8.95. The van der Waals surface area contributed by atoms with Crippen LogP contribution in [0.5, 0.6) is 0 Å². The van der Waals surface area contributed by atoms with Crippen molar-refractivity contribution in [2.24, 2.45) is 0 Å². The normalized spacial score (nSPS) is 16.3. The molecule has 0 amide bonds. The molecule has 1 saturated carbocycles. The lowest BCUT2D eigenvalue weighted by atomic mass is 10.3. The van der Waals surface area contributed by atoms with Crippen LogP contribution in [0.15, 0.2) is 16.3 Å². The molecule has 0 aliphatic heterocycles. The van der Waals surface area contributed by atoms with Crippen molar-refractivity contribution in [3.63, 3.8) is 0 Å². The van der Waals surface area contributed by atoms with Crippen LogP contribution in [0.1, 0.15) is 24.1 Å². The molecule has 0 radical (unpaired) electrons. The third-order valence-electron chi connectivity index (χ3n) is 2.98. The summed E-state index contributed by atoms with van der Waals surface area (Å²) in [5.41, 5.74) is 0. The third-order valence-corrected chi connectivity index (χ3v) is 6.08. The van der Waals surface area contributed by atoms with Crippen LogP contribution in [0.2, 0.25) is 0 Å². The molecule has 4 nitrogen and oxygen atoms in total. The van der Waals surface area contributed by atoms with Gasteiger partial charge in [-0.3, -0.25) is 0 Å². The Morgan fingerprint density at radius 3 is 2.57 bits per heavy atom. The summed E-state index contributed by atoms with van der Waals surface area (Å²) in [7, 11) is -3.84. The smallest absolute Gasteiger partial charge is 0.314 e. The molecule has 0 saturated heterocycles. The van der Waals surface area contributed by atoms with Crippen molar-refractivity contribution in [3.05, 3.63) is 17.0 Å². The molecular formula is C12H17F3N2O2S2. The molecule has 1 aromatic rings. The zero-order chi connectivity index (χ0) is 15.5. The monoisotopic (exact) mass is 342 g/mol. The number of thiophene rings is 1. The van der Waals surface area contributed by atoms with E-state index < -0.39 is 29.2 Å². The van der Waals surface area contributed by atoms with Gasteiger partial charge in [-0.05, 0) is 31.4 Å². The average Bonchev–Trinajstić information content (AvgIpc) is 3.03. The van der Waals surface area contributed by atoms with Gasteiger partial charge in [-0.15, -0.1) is 11.3 Å². The Bertz CT molecular complexity index is 565. The quantitative estimate of drug-likeness (QED) is 0.762. The highest BCUT2D eigenvalue weighted by Gasteiger charge is 2.28. The number of nitrogens with one attached hydrogen (secondary N) is 2. The van der Waals surface area contributed by atoms with Crippen molar-refractivity contribution in [2.75, 3.05) is 13.1 Å². The third kappa shape index (κ3) is 5.93. The molecule has 120 valence electrons. The summed E-state index contributed by atoms with van der Waals surface area (Å²) in [6.07, 6.45) is -2.44. The molecule has 1 aromatic heterocycles. The molecule has 1 aliphatic carbocycles. The molecule has 0 bridgehead atoms. The van der Waals surface area contributed by atoms with Gasteiger partial charge in [-0.2, -0.15) is 13.2 Å². The molecule has 0 unspecified atom stereocenters. The van der Waals surface area contributed by atoms with Crippen LogP contribution in [0, 0.1) is 0 Å². The fourth-order valence-corrected chi connectivity index (χ4v) is 4.15. The summed E-state index contributed by atoms with van der Waals surface area (Å²) in [5, 5.41) is 3.32. The molecule has 1 fully saturated rings. The molecule has 2 N–H and O–H groups in total. The van der Waals surface area contributed by atoms with Crippen LogP contribution in [0.4, 0.5) is 13.2 Å². The van der Waals surface area contributed by atoms with Crippen LogP contribution in [0.3, 0.4) is 0 Å². The predicted molar refractivity (Wildman–Crippen MR) is 74.9 cm³/mol. The van der Waals surface area contributed by atoms with Gasteiger partial charge in [0.2, 0.25) is 10.0 Å². The molecule has 0 atom stereocenters. The number of hydrogen-bond acceptors (Lipinski definition) is 4. The van der Waals surface area contributed by atoms with Gasteiger partial charge >= 0.3 is 6.18 Å². The Morgan fingerprint density at radius 2 is 1.95 bits per heavy atom. The van der Waals surface area contributed by atoms with Gasteiger partial charge < -0.3 is 5.32 Å². The Labute approximate surface area is 125 Å². The second-order valence-corrected chi connectivity index (χ2v) is 8.12. The summed E-state index contributed by atoms with van der Waals surface area (Å²) in [6, 6.07) is 3.74. The van der Waals surface area contributed by atoms with Crippen LogP contribution in [0.25, 0.3) is 0 Å². The molecule has 21 heavy (non-hydrogen) atoms. The number of hydrogen-bond donors (Lipinski definition) is 2. The van der Waals surface area contributed by atoms with E-state index in [4.69, 9.17) is 0 Å². The summed E-state index contributed by atoms with van der Waals surface area (Å²) in [6.45, 7) is 0.147. The van der Waals surface area contributed by atoms with Crippen molar-refractivity contribution >= 4 is 21.4 Å². The lowest BCUT2D eigenvalue weighted by Crippen LogP contribution is -2.27. The van der Waals surface area contributed by atoms with Gasteiger partial charge in [-0.1, -0.05) is 0 Å². The van der Waals surface area contributed by atoms with Gasteiger partial charge in [0, 0.05) is 24.0 Å². The van der Waals surface area contributed by atoms with Crippen molar-refractivity contribution in [1.82, 2.24) is 10.0 Å². The highest BCUT2D eigenvalue weighted by molar-refractivity contribution is 7.91. The minimum Gasteiger partial charge on any atom is -0.314 e. The highest BCUT2D eigenvalue weighted by atomic mass is 32.2. The highest BCUT2D eigenvalue weighted by Crippen LogP contribution is 2.23. The second kappa shape index (κ2) is 6.64. The van der Waals surface area contributed by atoms with E-state index in [0.29, 0.717) is 6.04 Å².